The van der Waals surface area contributed by atoms with Crippen LogP contribution in [-0.4, -0.2) is 58.0 Å². The number of carbonyl (C=O) groups is 1. The number of alkyl carbamates (subject to hydrolysis) is 1. The number of aromatic amines is 1. The van der Waals surface area contributed by atoms with Crippen molar-refractivity contribution in [1.82, 2.24) is 39.4 Å². The lowest BCUT2D eigenvalue weighted by Crippen LogP contribution is -2.38. The summed E-state index contributed by atoms with van der Waals surface area (Å²) in [6.45, 7) is 3.82. The lowest BCUT2D eigenvalue weighted by molar-refractivity contribution is 0.0583. The Bertz CT molecular complexity index is 1530. The van der Waals surface area contributed by atoms with Crippen molar-refractivity contribution in [1.29, 1.82) is 5.26 Å². The van der Waals surface area contributed by atoms with Crippen LogP contribution < -0.4 is 10.6 Å². The summed E-state index contributed by atoms with van der Waals surface area (Å²) in [6, 6.07) is 3.85. The van der Waals surface area contributed by atoms with Crippen molar-refractivity contribution in [3.05, 3.63) is 48.1 Å². The topological polar surface area (TPSA) is 151 Å². The van der Waals surface area contributed by atoms with Crippen molar-refractivity contribution >= 4 is 23.5 Å². The first-order valence-corrected chi connectivity index (χ1v) is 12.0. The lowest BCUT2D eigenvalue weighted by atomic mass is 10.0. The number of aryl methyl sites for hydroxylation is 1. The van der Waals surface area contributed by atoms with Crippen molar-refractivity contribution in [2.75, 3.05) is 5.32 Å². The number of carbonyl (C=O) groups excluding carboxylic acids is 1. The molecule has 4 aromatic heterocycles. The first-order valence-electron chi connectivity index (χ1n) is 12.0. The third-order valence-corrected chi connectivity index (χ3v) is 6.95. The minimum Gasteiger partial charge on any atom is -0.443 e. The van der Waals surface area contributed by atoms with E-state index in [4.69, 9.17) is 4.74 Å². The molecule has 0 saturated heterocycles. The van der Waals surface area contributed by atoms with E-state index in [0.717, 1.165) is 24.2 Å². The van der Waals surface area contributed by atoms with E-state index >= 15 is 0 Å². The van der Waals surface area contributed by atoms with Gasteiger partial charge in [-0.25, -0.2) is 24.1 Å². The minimum absolute atomic E-state index is 0.175. The van der Waals surface area contributed by atoms with Crippen LogP contribution in [0.15, 0.2) is 31.0 Å². The second kappa shape index (κ2) is 8.58. The van der Waals surface area contributed by atoms with Crippen LogP contribution in [0, 0.1) is 18.3 Å². The number of aromatic nitrogens is 7. The molecular formula is C24H25FN10O2. The van der Waals surface area contributed by atoms with Crippen LogP contribution in [0.1, 0.15) is 55.6 Å². The van der Waals surface area contributed by atoms with Crippen LogP contribution in [0.25, 0.3) is 11.3 Å². The number of ether oxygens (including phenoxy) is 1. The summed E-state index contributed by atoms with van der Waals surface area (Å²) in [7, 11) is 0. The zero-order chi connectivity index (χ0) is 25.7. The third kappa shape index (κ3) is 4.46. The molecule has 0 aromatic carbocycles. The molecule has 0 unspecified atom stereocenters. The van der Waals surface area contributed by atoms with Gasteiger partial charge in [0.25, 0.3) is 0 Å². The summed E-state index contributed by atoms with van der Waals surface area (Å²) in [4.78, 5) is 25.3. The number of nitriles is 1. The van der Waals surface area contributed by atoms with Gasteiger partial charge in [-0.3, -0.25) is 9.50 Å². The molecule has 4 heterocycles. The van der Waals surface area contributed by atoms with Crippen molar-refractivity contribution in [3.8, 4) is 11.8 Å². The molecule has 2 aliphatic rings. The number of anilines is 2. The SMILES string of the molecule is Cc1cn(-c2cnc(Nc3cc([C@H]4C[C@@H](F)[C@@H](OC(=O)NC5(C)CC5)C4)[nH]n3)n3cc(C#N)nc23)cn1. The number of nitrogens with one attached hydrogen (secondary N) is 3. The zero-order valence-electron chi connectivity index (χ0n) is 20.3. The van der Waals surface area contributed by atoms with Crippen LogP contribution in [0.3, 0.4) is 0 Å². The van der Waals surface area contributed by atoms with Gasteiger partial charge in [0.2, 0.25) is 5.95 Å². The normalized spacial score (nSPS) is 22.1. The van der Waals surface area contributed by atoms with E-state index in [-0.39, 0.29) is 23.6 Å². The van der Waals surface area contributed by atoms with Gasteiger partial charge in [0.1, 0.15) is 24.0 Å². The zero-order valence-corrected chi connectivity index (χ0v) is 20.3. The predicted molar refractivity (Wildman–Crippen MR) is 129 cm³/mol. The van der Waals surface area contributed by atoms with Crippen LogP contribution in [0.5, 0.6) is 0 Å². The van der Waals surface area contributed by atoms with E-state index in [1.54, 1.807) is 33.8 Å². The Kier molecular flexibility index (Phi) is 5.32. The number of alkyl halides is 1. The number of imidazole rings is 2. The molecule has 6 rings (SSSR count). The van der Waals surface area contributed by atoms with Crippen LogP contribution >= 0.6 is 0 Å². The van der Waals surface area contributed by atoms with Gasteiger partial charge in [-0.1, -0.05) is 0 Å². The second-order valence-electron chi connectivity index (χ2n) is 9.97. The number of halogens is 1. The Balaban J connectivity index is 1.19. The van der Waals surface area contributed by atoms with Crippen molar-refractivity contribution in [2.45, 2.75) is 63.3 Å². The molecule has 3 atom stereocenters. The highest BCUT2D eigenvalue weighted by Crippen LogP contribution is 2.39. The summed E-state index contributed by atoms with van der Waals surface area (Å²) in [5, 5.41) is 22.6. The lowest BCUT2D eigenvalue weighted by Gasteiger charge is -2.17. The fraction of sp³-hybridized carbons (Fsp3) is 0.417. The van der Waals surface area contributed by atoms with Crippen molar-refractivity contribution < 1.29 is 13.9 Å². The molecule has 1 amide bonds. The van der Waals surface area contributed by atoms with Gasteiger partial charge in [-0.2, -0.15) is 10.4 Å². The van der Waals surface area contributed by atoms with E-state index in [9.17, 15) is 14.4 Å². The van der Waals surface area contributed by atoms with E-state index < -0.39 is 18.4 Å². The minimum atomic E-state index is -1.25. The molecule has 0 radical (unpaired) electrons. The summed E-state index contributed by atoms with van der Waals surface area (Å²) >= 11 is 0. The first kappa shape index (κ1) is 23.0. The molecule has 2 fully saturated rings. The Labute approximate surface area is 210 Å². The Hall–Kier alpha value is -4.47. The highest BCUT2D eigenvalue weighted by atomic mass is 19.1. The van der Waals surface area contributed by atoms with Crippen molar-refractivity contribution in [2.24, 2.45) is 0 Å². The quantitative estimate of drug-likeness (QED) is 0.361. The average molecular weight is 505 g/mol. The molecule has 0 spiro atoms. The average Bonchev–Trinajstić information content (AvgIpc) is 3.36. The molecule has 4 aromatic rings. The molecule has 12 nitrogen and oxygen atoms in total. The summed E-state index contributed by atoms with van der Waals surface area (Å²) < 4.78 is 23.5. The van der Waals surface area contributed by atoms with Crippen LogP contribution in [-0.2, 0) is 4.74 Å². The molecule has 37 heavy (non-hydrogen) atoms. The largest absolute Gasteiger partial charge is 0.443 e. The Morgan fingerprint density at radius 2 is 2.16 bits per heavy atom. The van der Waals surface area contributed by atoms with Gasteiger partial charge in [0, 0.05) is 29.4 Å². The molecule has 13 heteroatoms. The fourth-order valence-electron chi connectivity index (χ4n) is 4.62. The number of H-pyrrole nitrogens is 1. The molecule has 2 saturated carbocycles. The third-order valence-electron chi connectivity index (χ3n) is 6.95. The van der Waals surface area contributed by atoms with Gasteiger partial charge < -0.3 is 19.9 Å². The highest BCUT2D eigenvalue weighted by Gasteiger charge is 2.42. The van der Waals surface area contributed by atoms with Crippen LogP contribution in [0.2, 0.25) is 0 Å². The Morgan fingerprint density at radius 3 is 2.89 bits per heavy atom. The molecular weight excluding hydrogens is 479 g/mol. The fourth-order valence-corrected chi connectivity index (χ4v) is 4.62. The summed E-state index contributed by atoms with van der Waals surface area (Å²) in [5.74, 6) is 0.705. The first-order chi connectivity index (χ1) is 17.8. The summed E-state index contributed by atoms with van der Waals surface area (Å²) in [5.41, 5.74) is 2.78. The molecule has 2 aliphatic carbocycles. The molecule has 0 bridgehead atoms. The van der Waals surface area contributed by atoms with Gasteiger partial charge in [0.15, 0.2) is 17.2 Å². The number of nitrogens with zero attached hydrogens (tertiary/aromatic N) is 7. The number of amides is 1. The molecule has 0 aliphatic heterocycles. The Morgan fingerprint density at radius 1 is 1.32 bits per heavy atom. The van der Waals surface area contributed by atoms with E-state index in [0.29, 0.717) is 29.5 Å². The maximum atomic E-state index is 14.7. The van der Waals surface area contributed by atoms with E-state index in [1.165, 1.54) is 0 Å². The summed E-state index contributed by atoms with van der Waals surface area (Å²) in [6.07, 6.45) is 6.51. The van der Waals surface area contributed by atoms with Gasteiger partial charge >= 0.3 is 6.09 Å². The number of rotatable bonds is 6. The van der Waals surface area contributed by atoms with Gasteiger partial charge in [0.05, 0.1) is 24.4 Å². The number of fused-ring (bicyclic) bond motifs is 1. The maximum absolute atomic E-state index is 14.7. The predicted octanol–water partition coefficient (Wildman–Crippen LogP) is 3.42. The van der Waals surface area contributed by atoms with Crippen LogP contribution in [0.4, 0.5) is 21.0 Å². The molecule has 3 N–H and O–H groups in total. The van der Waals surface area contributed by atoms with Gasteiger partial charge in [-0.15, -0.1) is 0 Å². The second-order valence-corrected chi connectivity index (χ2v) is 9.97. The standard InChI is InChI=1S/C24H25FN10O2/c1-13-10-34(12-28-13)18-9-27-22(35-11-15(8-26)29-21(18)35)30-20-7-17(32-33-20)14-5-16(25)19(6-14)37-23(36)31-24(2)3-4-24/h7,9-12,14,16,19H,3-6H2,1-2H3,(H,31,36)(H2,27,30,32,33)/t14-,16+,19-/m0/s1. The smallest absolute Gasteiger partial charge is 0.407 e. The van der Waals surface area contributed by atoms with Gasteiger partial charge in [-0.05, 0) is 39.5 Å². The highest BCUT2D eigenvalue weighted by molar-refractivity contribution is 5.69. The van der Waals surface area contributed by atoms with E-state index in [1.807, 2.05) is 20.0 Å². The number of hydrogen-bond donors (Lipinski definition) is 3. The monoisotopic (exact) mass is 504 g/mol. The number of hydrogen-bond acceptors (Lipinski definition) is 8. The van der Waals surface area contributed by atoms with Crippen molar-refractivity contribution in [3.63, 3.8) is 0 Å². The maximum Gasteiger partial charge on any atom is 0.407 e. The van der Waals surface area contributed by atoms with E-state index in [2.05, 4.69) is 41.9 Å². The molecule has 190 valence electrons.